The summed E-state index contributed by atoms with van der Waals surface area (Å²) in [4.78, 5) is 19.8. The molecule has 0 spiro atoms. The zero-order valence-corrected chi connectivity index (χ0v) is 18.2. The highest BCUT2D eigenvalue weighted by Gasteiger charge is 2.02. The molecular weight excluding hydrogens is 352 g/mol. The lowest BCUT2D eigenvalue weighted by Gasteiger charge is -2.04. The van der Waals surface area contributed by atoms with E-state index in [1.165, 1.54) is 89.9 Å². The highest BCUT2D eigenvalue weighted by Crippen LogP contribution is 2.14. The highest BCUT2D eigenvalue weighted by molar-refractivity contribution is 5.85. The summed E-state index contributed by atoms with van der Waals surface area (Å²) in [5.74, 6) is -1.82. The molecule has 0 fully saturated rings. The Morgan fingerprint density at radius 3 is 1.21 bits per heavy atom. The third kappa shape index (κ3) is 26.6. The highest BCUT2D eigenvalue weighted by atomic mass is 16.4. The van der Waals surface area contributed by atoms with Crippen molar-refractivity contribution in [3.8, 4) is 0 Å². The number of hydrogen-bond donors (Lipinski definition) is 2. The van der Waals surface area contributed by atoms with Crippen molar-refractivity contribution >= 4 is 11.9 Å². The third-order valence-corrected chi connectivity index (χ3v) is 4.81. The van der Waals surface area contributed by atoms with Crippen LogP contribution in [0.2, 0.25) is 0 Å². The maximum Gasteiger partial charge on any atom is 0.330 e. The Labute approximate surface area is 173 Å². The van der Waals surface area contributed by atoms with Gasteiger partial charge in [-0.2, -0.15) is 0 Å². The van der Waals surface area contributed by atoms with Crippen LogP contribution in [0.5, 0.6) is 0 Å². The zero-order valence-electron chi connectivity index (χ0n) is 18.2. The number of unbranched alkanes of at least 4 members (excludes halogenated alkanes) is 15. The van der Waals surface area contributed by atoms with E-state index in [0.29, 0.717) is 12.0 Å². The largest absolute Gasteiger partial charge is 0.478 e. The van der Waals surface area contributed by atoms with Gasteiger partial charge in [0.15, 0.2) is 0 Å². The average molecular weight is 397 g/mol. The van der Waals surface area contributed by atoms with Crippen molar-refractivity contribution in [2.45, 2.75) is 116 Å². The van der Waals surface area contributed by atoms with Gasteiger partial charge in [0.2, 0.25) is 0 Å². The van der Waals surface area contributed by atoms with Gasteiger partial charge < -0.3 is 10.2 Å². The number of carbonyl (C=O) groups is 2. The molecule has 0 saturated carbocycles. The van der Waals surface area contributed by atoms with Crippen LogP contribution in [0.3, 0.4) is 0 Å². The fourth-order valence-electron chi connectivity index (χ4n) is 2.99. The Morgan fingerprint density at radius 2 is 0.964 bits per heavy atom. The van der Waals surface area contributed by atoms with E-state index in [2.05, 4.69) is 20.1 Å². The number of hydrogen-bond acceptors (Lipinski definition) is 2. The van der Waals surface area contributed by atoms with Crippen LogP contribution >= 0.6 is 0 Å². The summed E-state index contributed by atoms with van der Waals surface area (Å²) in [5, 5.41) is 16.3. The molecule has 164 valence electrons. The molecule has 0 unspecified atom stereocenters. The van der Waals surface area contributed by atoms with E-state index in [0.717, 1.165) is 18.9 Å². The molecule has 0 saturated heterocycles. The Bertz CT molecular complexity index is 401. The SMILES string of the molecule is C=C(CCCCCCCCCCCCCCCCCC)C(=O)O.C=CC(=O)O. The van der Waals surface area contributed by atoms with Gasteiger partial charge in [-0.1, -0.05) is 116 Å². The van der Waals surface area contributed by atoms with Crippen LogP contribution in [0, 0.1) is 0 Å². The molecule has 0 amide bonds. The molecule has 0 radical (unpaired) electrons. The standard InChI is InChI=1S/C21H40O2.C3H4O2/c1-3-4-5-6-7-8-9-10-11-12-13-14-15-16-17-18-19-20(2)21(22)23;1-2-3(4)5/h2-19H2,1H3,(H,22,23);2H,1H2,(H,4,5). The maximum absolute atomic E-state index is 10.6. The van der Waals surface area contributed by atoms with Crippen molar-refractivity contribution in [2.75, 3.05) is 0 Å². The molecule has 0 aliphatic carbocycles. The minimum atomic E-state index is -0.981. The smallest absolute Gasteiger partial charge is 0.330 e. The van der Waals surface area contributed by atoms with Gasteiger partial charge >= 0.3 is 11.9 Å². The van der Waals surface area contributed by atoms with Crippen LogP contribution in [0.15, 0.2) is 24.8 Å². The van der Waals surface area contributed by atoms with E-state index >= 15 is 0 Å². The second-order valence-electron chi connectivity index (χ2n) is 7.50. The Kier molecular flexibility index (Phi) is 24.0. The van der Waals surface area contributed by atoms with Gasteiger partial charge in [0.25, 0.3) is 0 Å². The molecule has 0 aromatic rings. The summed E-state index contributed by atoms with van der Waals surface area (Å²) >= 11 is 0. The lowest BCUT2D eigenvalue weighted by Crippen LogP contribution is -1.98. The summed E-state index contributed by atoms with van der Waals surface area (Å²) in [6.07, 6.45) is 23.0. The first-order valence-corrected chi connectivity index (χ1v) is 11.2. The molecule has 0 bridgehead atoms. The molecule has 28 heavy (non-hydrogen) atoms. The van der Waals surface area contributed by atoms with Gasteiger partial charge in [-0.3, -0.25) is 0 Å². The predicted molar refractivity (Wildman–Crippen MR) is 119 cm³/mol. The van der Waals surface area contributed by atoms with Gasteiger partial charge in [-0.05, 0) is 12.8 Å². The second kappa shape index (κ2) is 23.5. The summed E-state index contributed by atoms with van der Waals surface area (Å²) in [6.45, 7) is 8.80. The van der Waals surface area contributed by atoms with E-state index < -0.39 is 11.9 Å². The Balaban J connectivity index is 0. The van der Waals surface area contributed by atoms with E-state index in [1.807, 2.05) is 0 Å². The van der Waals surface area contributed by atoms with Crippen LogP contribution in [0.1, 0.15) is 116 Å². The van der Waals surface area contributed by atoms with E-state index in [1.54, 1.807) is 0 Å². The molecular formula is C24H44O4. The first kappa shape index (κ1) is 28.6. The number of carboxylic acid groups (broad SMARTS) is 2. The monoisotopic (exact) mass is 396 g/mol. The molecule has 0 aliphatic rings. The summed E-state index contributed by atoms with van der Waals surface area (Å²) in [7, 11) is 0. The zero-order chi connectivity index (χ0) is 21.5. The van der Waals surface area contributed by atoms with Gasteiger partial charge in [0.05, 0.1) is 0 Å². The van der Waals surface area contributed by atoms with Crippen molar-refractivity contribution in [3.05, 3.63) is 24.8 Å². The van der Waals surface area contributed by atoms with Crippen molar-refractivity contribution in [1.29, 1.82) is 0 Å². The van der Waals surface area contributed by atoms with Gasteiger partial charge in [-0.25, -0.2) is 9.59 Å². The molecule has 0 aliphatic heterocycles. The van der Waals surface area contributed by atoms with E-state index in [9.17, 15) is 9.59 Å². The van der Waals surface area contributed by atoms with Crippen molar-refractivity contribution in [1.82, 2.24) is 0 Å². The molecule has 4 nitrogen and oxygen atoms in total. The average Bonchev–Trinajstić information content (AvgIpc) is 2.67. The molecule has 0 heterocycles. The van der Waals surface area contributed by atoms with Crippen molar-refractivity contribution < 1.29 is 19.8 Å². The minimum absolute atomic E-state index is 0.357. The van der Waals surface area contributed by atoms with Gasteiger partial charge in [-0.15, -0.1) is 0 Å². The van der Waals surface area contributed by atoms with Gasteiger partial charge in [0, 0.05) is 11.6 Å². The topological polar surface area (TPSA) is 74.6 Å². The van der Waals surface area contributed by atoms with E-state index in [4.69, 9.17) is 10.2 Å². The summed E-state index contributed by atoms with van der Waals surface area (Å²) < 4.78 is 0. The fraction of sp³-hybridized carbons (Fsp3) is 0.750. The van der Waals surface area contributed by atoms with Crippen LogP contribution in [-0.2, 0) is 9.59 Å². The van der Waals surface area contributed by atoms with Crippen LogP contribution in [0.25, 0.3) is 0 Å². The third-order valence-electron chi connectivity index (χ3n) is 4.81. The lowest BCUT2D eigenvalue weighted by molar-refractivity contribution is -0.133. The van der Waals surface area contributed by atoms with E-state index in [-0.39, 0.29) is 0 Å². The molecule has 4 heteroatoms. The van der Waals surface area contributed by atoms with Crippen molar-refractivity contribution in [3.63, 3.8) is 0 Å². The number of rotatable bonds is 19. The van der Waals surface area contributed by atoms with Crippen LogP contribution < -0.4 is 0 Å². The van der Waals surface area contributed by atoms with Crippen molar-refractivity contribution in [2.24, 2.45) is 0 Å². The quantitative estimate of drug-likeness (QED) is 0.175. The van der Waals surface area contributed by atoms with Gasteiger partial charge in [0.1, 0.15) is 0 Å². The molecule has 2 N–H and O–H groups in total. The number of carboxylic acids is 2. The molecule has 0 rings (SSSR count). The van der Waals surface area contributed by atoms with Crippen LogP contribution in [-0.4, -0.2) is 22.2 Å². The molecule has 0 aromatic heterocycles. The normalized spacial score (nSPS) is 10.0. The summed E-state index contributed by atoms with van der Waals surface area (Å²) in [5.41, 5.74) is 0.357. The first-order chi connectivity index (χ1) is 13.5. The predicted octanol–water partition coefficient (Wildman–Crippen LogP) is 7.54. The minimum Gasteiger partial charge on any atom is -0.478 e. The Morgan fingerprint density at radius 1 is 0.679 bits per heavy atom. The summed E-state index contributed by atoms with van der Waals surface area (Å²) in [6, 6.07) is 0. The maximum atomic E-state index is 10.6. The molecule has 0 aromatic carbocycles. The second-order valence-corrected chi connectivity index (χ2v) is 7.50. The lowest BCUT2D eigenvalue weighted by atomic mass is 10.0. The number of aliphatic carboxylic acids is 2. The fourth-order valence-corrected chi connectivity index (χ4v) is 2.99. The Hall–Kier alpha value is -1.58. The first-order valence-electron chi connectivity index (χ1n) is 11.2. The molecule has 0 atom stereocenters. The van der Waals surface area contributed by atoms with Crippen LogP contribution in [0.4, 0.5) is 0 Å².